The van der Waals surface area contributed by atoms with Crippen molar-refractivity contribution < 1.29 is 28.7 Å². The van der Waals surface area contributed by atoms with Crippen LogP contribution in [0.15, 0.2) is 77.3 Å². The lowest BCUT2D eigenvalue weighted by molar-refractivity contribution is -0.136. The quantitative estimate of drug-likeness (QED) is 0.264. The van der Waals surface area contributed by atoms with Crippen molar-refractivity contribution in [2.45, 2.75) is 26.4 Å². The number of rotatable bonds is 8. The van der Waals surface area contributed by atoms with E-state index in [2.05, 4.69) is 10.5 Å². The van der Waals surface area contributed by atoms with Crippen LogP contribution in [0.5, 0.6) is 11.5 Å². The van der Waals surface area contributed by atoms with E-state index in [4.69, 9.17) is 30.7 Å². The van der Waals surface area contributed by atoms with Gasteiger partial charge in [0, 0.05) is 16.1 Å². The van der Waals surface area contributed by atoms with E-state index < -0.39 is 18.2 Å². The number of anilines is 1. The Kier molecular flexibility index (Phi) is 7.56. The minimum absolute atomic E-state index is 0.0472. The monoisotopic (exact) mass is 506 g/mol. The number of aromatic nitrogens is 1. The zero-order chi connectivity index (χ0) is 25.7. The Morgan fingerprint density at radius 3 is 2.31 bits per heavy atom. The molecular weight excluding hydrogens is 484 g/mol. The molecule has 4 aromatic rings. The number of carboxylic acids is 1. The van der Waals surface area contributed by atoms with E-state index in [1.807, 2.05) is 6.07 Å². The van der Waals surface area contributed by atoms with Crippen LogP contribution < -0.4 is 10.1 Å². The highest BCUT2D eigenvalue weighted by Crippen LogP contribution is 2.33. The molecule has 1 amide bonds. The first-order valence-corrected chi connectivity index (χ1v) is 11.5. The molecule has 2 N–H and O–H groups in total. The van der Waals surface area contributed by atoms with Gasteiger partial charge in [0.1, 0.15) is 29.0 Å². The summed E-state index contributed by atoms with van der Waals surface area (Å²) in [5, 5.41) is 16.1. The number of carbonyl (C=O) groups is 2. The molecule has 0 fully saturated rings. The smallest absolute Gasteiger partial charge is 0.412 e. The molecule has 0 aliphatic heterocycles. The van der Waals surface area contributed by atoms with Crippen molar-refractivity contribution in [2.24, 2.45) is 0 Å². The maximum absolute atomic E-state index is 12.6. The fourth-order valence-corrected chi connectivity index (χ4v) is 3.82. The second-order valence-corrected chi connectivity index (χ2v) is 8.41. The summed E-state index contributed by atoms with van der Waals surface area (Å²) in [5.74, 6) is 0.632. The zero-order valence-electron chi connectivity index (χ0n) is 19.5. The molecule has 0 aliphatic rings. The second kappa shape index (κ2) is 11.0. The van der Waals surface area contributed by atoms with E-state index in [0.29, 0.717) is 50.4 Å². The molecule has 0 radical (unpaired) electrons. The Morgan fingerprint density at radius 2 is 1.67 bits per heavy atom. The van der Waals surface area contributed by atoms with Crippen molar-refractivity contribution >= 4 is 29.4 Å². The average Bonchev–Trinajstić information content (AvgIpc) is 3.20. The molecule has 1 atom stereocenters. The van der Waals surface area contributed by atoms with Gasteiger partial charge >= 0.3 is 12.1 Å². The highest BCUT2D eigenvalue weighted by molar-refractivity contribution is 6.31. The molecule has 184 valence electrons. The van der Waals surface area contributed by atoms with Crippen LogP contribution in [0, 0.1) is 6.92 Å². The number of benzene rings is 3. The van der Waals surface area contributed by atoms with E-state index in [9.17, 15) is 9.59 Å². The maximum atomic E-state index is 12.6. The SMILES string of the molecule is Cc1noc(-c2ccc(Oc3ccc(CC(=O)O)cc3)cc2)c1NC(=O)OC(C)c1ccccc1Cl. The van der Waals surface area contributed by atoms with Crippen molar-refractivity contribution in [2.75, 3.05) is 5.32 Å². The van der Waals surface area contributed by atoms with Gasteiger partial charge in [-0.05, 0) is 61.9 Å². The summed E-state index contributed by atoms with van der Waals surface area (Å²) in [7, 11) is 0. The summed E-state index contributed by atoms with van der Waals surface area (Å²) in [5.41, 5.74) is 2.95. The Balaban J connectivity index is 1.43. The van der Waals surface area contributed by atoms with Crippen molar-refractivity contribution in [3.05, 3.63) is 94.6 Å². The van der Waals surface area contributed by atoms with Crippen LogP contribution in [0.25, 0.3) is 11.3 Å². The standard InChI is InChI=1S/C27H23ClN2O6/c1-16-25(29-27(33)34-17(2)22-5-3-4-6-23(22)28)26(36-30-16)19-9-13-21(14-10-19)35-20-11-7-18(8-12-20)15-24(31)32/h3-14,17H,15H2,1-2H3,(H,29,33)(H,31,32). The van der Waals surface area contributed by atoms with Gasteiger partial charge in [0.05, 0.1) is 6.42 Å². The molecule has 3 aromatic carbocycles. The molecule has 0 saturated carbocycles. The van der Waals surface area contributed by atoms with Crippen molar-refractivity contribution in [1.29, 1.82) is 0 Å². The number of hydrogen-bond donors (Lipinski definition) is 2. The normalized spacial score (nSPS) is 11.5. The van der Waals surface area contributed by atoms with Crippen LogP contribution in [-0.4, -0.2) is 22.3 Å². The predicted octanol–water partition coefficient (Wildman–Crippen LogP) is 7.03. The van der Waals surface area contributed by atoms with Crippen LogP contribution in [0.4, 0.5) is 10.5 Å². The Hall–Kier alpha value is -4.30. The first-order valence-electron chi connectivity index (χ1n) is 11.1. The van der Waals surface area contributed by atoms with Crippen molar-refractivity contribution in [3.63, 3.8) is 0 Å². The number of aliphatic carboxylic acids is 1. The number of aryl methyl sites for hydroxylation is 1. The minimum atomic E-state index is -0.890. The molecule has 1 unspecified atom stereocenters. The number of carboxylic acid groups (broad SMARTS) is 1. The summed E-state index contributed by atoms with van der Waals surface area (Å²) in [6, 6.07) is 21.0. The molecule has 36 heavy (non-hydrogen) atoms. The minimum Gasteiger partial charge on any atom is -0.481 e. The van der Waals surface area contributed by atoms with E-state index in [1.54, 1.807) is 80.6 Å². The van der Waals surface area contributed by atoms with Crippen LogP contribution in [-0.2, 0) is 16.0 Å². The van der Waals surface area contributed by atoms with Gasteiger partial charge in [-0.2, -0.15) is 0 Å². The number of nitrogens with zero attached hydrogens (tertiary/aromatic N) is 1. The van der Waals surface area contributed by atoms with E-state index in [-0.39, 0.29) is 6.42 Å². The third-order valence-corrected chi connectivity index (χ3v) is 5.69. The largest absolute Gasteiger partial charge is 0.481 e. The van der Waals surface area contributed by atoms with E-state index >= 15 is 0 Å². The molecule has 4 rings (SSSR count). The number of hydrogen-bond acceptors (Lipinski definition) is 6. The van der Waals surface area contributed by atoms with Crippen LogP contribution >= 0.6 is 11.6 Å². The predicted molar refractivity (Wildman–Crippen MR) is 135 cm³/mol. The summed E-state index contributed by atoms with van der Waals surface area (Å²) in [6.07, 6.45) is -1.27. The van der Waals surface area contributed by atoms with Gasteiger partial charge in [-0.3, -0.25) is 10.1 Å². The van der Waals surface area contributed by atoms with Gasteiger partial charge in [0.15, 0.2) is 5.76 Å². The number of amides is 1. The summed E-state index contributed by atoms with van der Waals surface area (Å²) >= 11 is 6.20. The van der Waals surface area contributed by atoms with Gasteiger partial charge in [0.25, 0.3) is 0 Å². The van der Waals surface area contributed by atoms with Crippen LogP contribution in [0.2, 0.25) is 5.02 Å². The van der Waals surface area contributed by atoms with Gasteiger partial charge in [-0.25, -0.2) is 4.79 Å². The number of carbonyl (C=O) groups excluding carboxylic acids is 1. The second-order valence-electron chi connectivity index (χ2n) is 8.01. The van der Waals surface area contributed by atoms with Gasteiger partial charge in [-0.1, -0.05) is 47.1 Å². The number of halogens is 1. The lowest BCUT2D eigenvalue weighted by Crippen LogP contribution is -2.17. The molecule has 9 heteroatoms. The molecule has 0 aliphatic carbocycles. The molecule has 8 nitrogen and oxygen atoms in total. The average molecular weight is 507 g/mol. The van der Waals surface area contributed by atoms with Gasteiger partial charge in [0.2, 0.25) is 0 Å². The van der Waals surface area contributed by atoms with Crippen molar-refractivity contribution in [3.8, 4) is 22.8 Å². The first-order chi connectivity index (χ1) is 17.3. The van der Waals surface area contributed by atoms with E-state index in [0.717, 1.165) is 0 Å². The highest BCUT2D eigenvalue weighted by atomic mass is 35.5. The summed E-state index contributed by atoms with van der Waals surface area (Å²) < 4.78 is 16.8. The topological polar surface area (TPSA) is 111 Å². The highest BCUT2D eigenvalue weighted by Gasteiger charge is 2.20. The molecule has 0 spiro atoms. The molecular formula is C27H23ClN2O6. The Morgan fingerprint density at radius 1 is 1.03 bits per heavy atom. The van der Waals surface area contributed by atoms with Crippen LogP contribution in [0.1, 0.15) is 29.8 Å². The summed E-state index contributed by atoms with van der Waals surface area (Å²) in [4.78, 5) is 23.4. The van der Waals surface area contributed by atoms with Gasteiger partial charge in [-0.15, -0.1) is 0 Å². The van der Waals surface area contributed by atoms with E-state index in [1.165, 1.54) is 0 Å². The first kappa shape index (κ1) is 24.8. The van der Waals surface area contributed by atoms with Crippen molar-refractivity contribution in [1.82, 2.24) is 5.16 Å². The molecule has 1 aromatic heterocycles. The van der Waals surface area contributed by atoms with Gasteiger partial charge < -0.3 is 19.1 Å². The van der Waals surface area contributed by atoms with Crippen LogP contribution in [0.3, 0.4) is 0 Å². The third-order valence-electron chi connectivity index (χ3n) is 5.35. The fourth-order valence-electron chi connectivity index (χ4n) is 3.53. The fraction of sp³-hybridized carbons (Fsp3) is 0.148. The molecule has 0 saturated heterocycles. The lowest BCUT2D eigenvalue weighted by Gasteiger charge is -2.15. The number of nitrogens with one attached hydrogen (secondary N) is 1. The molecule has 0 bridgehead atoms. The zero-order valence-corrected chi connectivity index (χ0v) is 20.3. The third kappa shape index (κ3) is 6.03. The Bertz CT molecular complexity index is 1370. The lowest BCUT2D eigenvalue weighted by atomic mass is 10.1. The maximum Gasteiger partial charge on any atom is 0.412 e. The Labute approximate surface area is 212 Å². The number of ether oxygens (including phenoxy) is 2. The molecule has 1 heterocycles. The summed E-state index contributed by atoms with van der Waals surface area (Å²) in [6.45, 7) is 3.45.